The van der Waals surface area contributed by atoms with Crippen LogP contribution in [0.1, 0.15) is 25.8 Å². The molecule has 3 atom stereocenters. The van der Waals surface area contributed by atoms with E-state index >= 15 is 0 Å². The van der Waals surface area contributed by atoms with E-state index in [1.165, 1.54) is 6.07 Å². The molecule has 0 saturated carbocycles. The van der Waals surface area contributed by atoms with Gasteiger partial charge in [-0.25, -0.2) is 4.39 Å². The predicted octanol–water partition coefficient (Wildman–Crippen LogP) is 2.77. The van der Waals surface area contributed by atoms with Crippen molar-refractivity contribution in [1.82, 2.24) is 5.32 Å². The van der Waals surface area contributed by atoms with Crippen molar-refractivity contribution in [1.29, 1.82) is 0 Å². The summed E-state index contributed by atoms with van der Waals surface area (Å²) in [7, 11) is 0. The number of nitrogens with one attached hydrogen (secondary N) is 1. The third-order valence-electron chi connectivity index (χ3n) is 3.57. The summed E-state index contributed by atoms with van der Waals surface area (Å²) in [6.07, 6.45) is 1.93. The highest BCUT2D eigenvalue weighted by atomic mass is 19.1. The molecule has 0 bridgehead atoms. The van der Waals surface area contributed by atoms with Crippen LogP contribution in [-0.4, -0.2) is 25.3 Å². The van der Waals surface area contributed by atoms with Crippen LogP contribution < -0.4 is 5.32 Å². The molecule has 3 heteroatoms. The molecule has 0 aliphatic carbocycles. The quantitative estimate of drug-likeness (QED) is 0.888. The van der Waals surface area contributed by atoms with E-state index in [0.717, 1.165) is 31.6 Å². The molecule has 100 valence electrons. The standard InChI is InChI=1S/C15H22FNO/c1-11-10-18-7-6-15(11)17-12(2)8-13-4-3-5-14(16)9-13/h3-5,9,11-12,15,17H,6-8,10H2,1-2H3. The molecule has 1 heterocycles. The lowest BCUT2D eigenvalue weighted by Crippen LogP contribution is -2.46. The minimum Gasteiger partial charge on any atom is -0.381 e. The Bertz CT molecular complexity index is 383. The average Bonchev–Trinajstić information content (AvgIpc) is 2.32. The van der Waals surface area contributed by atoms with E-state index in [2.05, 4.69) is 19.2 Å². The fraction of sp³-hybridized carbons (Fsp3) is 0.600. The minimum absolute atomic E-state index is 0.154. The Morgan fingerprint density at radius 2 is 2.33 bits per heavy atom. The molecule has 1 aromatic carbocycles. The Labute approximate surface area is 109 Å². The summed E-state index contributed by atoms with van der Waals surface area (Å²) in [5.74, 6) is 0.396. The van der Waals surface area contributed by atoms with Gasteiger partial charge in [-0.3, -0.25) is 0 Å². The largest absolute Gasteiger partial charge is 0.381 e. The van der Waals surface area contributed by atoms with Crippen molar-refractivity contribution >= 4 is 0 Å². The molecule has 1 fully saturated rings. The maximum Gasteiger partial charge on any atom is 0.123 e. The molecule has 0 spiro atoms. The number of rotatable bonds is 4. The first-order valence-electron chi connectivity index (χ1n) is 6.73. The van der Waals surface area contributed by atoms with Gasteiger partial charge in [-0.2, -0.15) is 0 Å². The Kier molecular flexibility index (Phi) is 4.72. The van der Waals surface area contributed by atoms with Crippen molar-refractivity contribution < 1.29 is 9.13 Å². The molecule has 0 aromatic heterocycles. The van der Waals surface area contributed by atoms with Crippen LogP contribution in [0.5, 0.6) is 0 Å². The highest BCUT2D eigenvalue weighted by Gasteiger charge is 2.22. The summed E-state index contributed by atoms with van der Waals surface area (Å²) in [6.45, 7) is 6.05. The molecule has 1 aliphatic heterocycles. The second-order valence-electron chi connectivity index (χ2n) is 5.35. The lowest BCUT2D eigenvalue weighted by atomic mass is 9.96. The lowest BCUT2D eigenvalue weighted by molar-refractivity contribution is 0.0364. The summed E-state index contributed by atoms with van der Waals surface area (Å²) in [6, 6.07) is 7.73. The third kappa shape index (κ3) is 3.79. The van der Waals surface area contributed by atoms with Gasteiger partial charge in [0.1, 0.15) is 5.82 Å². The first-order chi connectivity index (χ1) is 8.65. The van der Waals surface area contributed by atoms with Crippen molar-refractivity contribution in [2.45, 2.75) is 38.8 Å². The highest BCUT2D eigenvalue weighted by molar-refractivity contribution is 5.17. The van der Waals surface area contributed by atoms with Gasteiger partial charge in [0.2, 0.25) is 0 Å². The molecule has 1 aromatic rings. The second-order valence-corrected chi connectivity index (χ2v) is 5.35. The zero-order valence-corrected chi connectivity index (χ0v) is 11.2. The molecule has 1 saturated heterocycles. The van der Waals surface area contributed by atoms with Crippen LogP contribution in [0.15, 0.2) is 24.3 Å². The van der Waals surface area contributed by atoms with Crippen LogP contribution in [0, 0.1) is 11.7 Å². The number of ether oxygens (including phenoxy) is 1. The van der Waals surface area contributed by atoms with Gasteiger partial charge in [-0.05, 0) is 43.4 Å². The fourth-order valence-electron chi connectivity index (χ4n) is 2.57. The van der Waals surface area contributed by atoms with Crippen molar-refractivity contribution in [3.05, 3.63) is 35.6 Å². The van der Waals surface area contributed by atoms with Crippen molar-refractivity contribution in [3.8, 4) is 0 Å². The Balaban J connectivity index is 1.86. The van der Waals surface area contributed by atoms with E-state index in [1.807, 2.05) is 6.07 Å². The Morgan fingerprint density at radius 3 is 3.06 bits per heavy atom. The van der Waals surface area contributed by atoms with E-state index in [1.54, 1.807) is 12.1 Å². The van der Waals surface area contributed by atoms with Gasteiger partial charge in [0, 0.05) is 18.7 Å². The maximum absolute atomic E-state index is 13.1. The monoisotopic (exact) mass is 251 g/mol. The summed E-state index contributed by atoms with van der Waals surface area (Å²) < 4.78 is 18.5. The van der Waals surface area contributed by atoms with Gasteiger partial charge in [-0.15, -0.1) is 0 Å². The Morgan fingerprint density at radius 1 is 1.50 bits per heavy atom. The molecular weight excluding hydrogens is 229 g/mol. The molecule has 3 unspecified atom stereocenters. The predicted molar refractivity (Wildman–Crippen MR) is 71.1 cm³/mol. The van der Waals surface area contributed by atoms with Crippen LogP contribution in [0.25, 0.3) is 0 Å². The van der Waals surface area contributed by atoms with E-state index in [0.29, 0.717) is 18.0 Å². The first kappa shape index (κ1) is 13.5. The molecule has 0 radical (unpaired) electrons. The summed E-state index contributed by atoms with van der Waals surface area (Å²) in [5, 5.41) is 3.63. The number of halogens is 1. The first-order valence-corrected chi connectivity index (χ1v) is 6.73. The molecule has 1 aliphatic rings. The number of benzene rings is 1. The summed E-state index contributed by atoms with van der Waals surface area (Å²) in [4.78, 5) is 0. The molecule has 18 heavy (non-hydrogen) atoms. The lowest BCUT2D eigenvalue weighted by Gasteiger charge is -2.32. The summed E-state index contributed by atoms with van der Waals surface area (Å²) in [5.41, 5.74) is 1.05. The molecule has 1 N–H and O–H groups in total. The van der Waals surface area contributed by atoms with Gasteiger partial charge < -0.3 is 10.1 Å². The molecule has 2 rings (SSSR count). The van der Waals surface area contributed by atoms with Gasteiger partial charge in [0.05, 0.1) is 6.61 Å². The molecule has 0 amide bonds. The fourth-order valence-corrected chi connectivity index (χ4v) is 2.57. The van der Waals surface area contributed by atoms with Gasteiger partial charge in [-0.1, -0.05) is 19.1 Å². The molecular formula is C15H22FNO. The zero-order valence-electron chi connectivity index (χ0n) is 11.2. The van der Waals surface area contributed by atoms with Crippen molar-refractivity contribution in [3.63, 3.8) is 0 Å². The van der Waals surface area contributed by atoms with Crippen molar-refractivity contribution in [2.24, 2.45) is 5.92 Å². The summed E-state index contributed by atoms with van der Waals surface area (Å²) >= 11 is 0. The van der Waals surface area contributed by atoms with Gasteiger partial charge >= 0.3 is 0 Å². The van der Waals surface area contributed by atoms with Crippen LogP contribution in [-0.2, 0) is 11.2 Å². The van der Waals surface area contributed by atoms with Crippen LogP contribution >= 0.6 is 0 Å². The van der Waals surface area contributed by atoms with E-state index in [-0.39, 0.29) is 5.82 Å². The minimum atomic E-state index is -0.154. The topological polar surface area (TPSA) is 21.3 Å². The van der Waals surface area contributed by atoms with E-state index in [4.69, 9.17) is 4.74 Å². The highest BCUT2D eigenvalue weighted by Crippen LogP contribution is 2.15. The second kappa shape index (κ2) is 6.30. The maximum atomic E-state index is 13.1. The smallest absolute Gasteiger partial charge is 0.123 e. The van der Waals surface area contributed by atoms with Crippen LogP contribution in [0.3, 0.4) is 0 Å². The zero-order chi connectivity index (χ0) is 13.0. The van der Waals surface area contributed by atoms with Gasteiger partial charge in [0.25, 0.3) is 0 Å². The number of hydrogen-bond acceptors (Lipinski definition) is 2. The SMILES string of the molecule is CC(Cc1cccc(F)c1)NC1CCOCC1C. The van der Waals surface area contributed by atoms with Crippen LogP contribution in [0.2, 0.25) is 0 Å². The van der Waals surface area contributed by atoms with Crippen molar-refractivity contribution in [2.75, 3.05) is 13.2 Å². The number of hydrogen-bond donors (Lipinski definition) is 1. The van der Waals surface area contributed by atoms with Gasteiger partial charge in [0.15, 0.2) is 0 Å². The molecule has 2 nitrogen and oxygen atoms in total. The van der Waals surface area contributed by atoms with E-state index < -0.39 is 0 Å². The average molecular weight is 251 g/mol. The Hall–Kier alpha value is -0.930. The van der Waals surface area contributed by atoms with E-state index in [9.17, 15) is 4.39 Å². The van der Waals surface area contributed by atoms with Crippen LogP contribution in [0.4, 0.5) is 4.39 Å². The normalized spacial score (nSPS) is 25.9. The third-order valence-corrected chi connectivity index (χ3v) is 3.57.